The summed E-state index contributed by atoms with van der Waals surface area (Å²) in [5, 5.41) is 16.6. The molecule has 0 aromatic heterocycles. The summed E-state index contributed by atoms with van der Waals surface area (Å²) >= 11 is 22.6. The van der Waals surface area contributed by atoms with Crippen LogP contribution in [0.15, 0.2) is 20.1 Å². The maximum Gasteiger partial charge on any atom is 0.313 e. The summed E-state index contributed by atoms with van der Waals surface area (Å²) in [5.74, 6) is -5.92. The predicted molar refractivity (Wildman–Crippen MR) is 59.7 cm³/mol. The largest absolute Gasteiger partial charge is 0.481 e. The van der Waals surface area contributed by atoms with E-state index in [1.807, 2.05) is 0 Å². The molecule has 0 radical (unpaired) electrons. The van der Waals surface area contributed by atoms with Crippen molar-refractivity contribution in [2.24, 2.45) is 11.8 Å². The summed E-state index contributed by atoms with van der Waals surface area (Å²) in [4.78, 5) is 21.8. The van der Waals surface area contributed by atoms with Gasteiger partial charge in [-0.1, -0.05) is 46.4 Å². The summed E-state index contributed by atoms with van der Waals surface area (Å²) in [6.45, 7) is 0. The summed E-state index contributed by atoms with van der Waals surface area (Å²) in [7, 11) is 0. The Morgan fingerprint density at radius 3 is 1.25 bits per heavy atom. The molecule has 0 aliphatic heterocycles. The van der Waals surface area contributed by atoms with Crippen molar-refractivity contribution in [2.75, 3.05) is 0 Å². The molecule has 2 N–H and O–H groups in total. The highest BCUT2D eigenvalue weighted by atomic mass is 35.5. The molecule has 1 rings (SSSR count). The van der Waals surface area contributed by atoms with Gasteiger partial charge in [0.1, 0.15) is 11.8 Å². The molecule has 0 bridgehead atoms. The van der Waals surface area contributed by atoms with E-state index in [0.29, 0.717) is 0 Å². The van der Waals surface area contributed by atoms with Gasteiger partial charge in [0, 0.05) is 0 Å². The first-order valence-electron chi connectivity index (χ1n) is 3.85. The van der Waals surface area contributed by atoms with Gasteiger partial charge in [-0.05, 0) is 0 Å². The van der Waals surface area contributed by atoms with Crippen LogP contribution in [0.5, 0.6) is 0 Å². The Morgan fingerprint density at radius 1 is 0.812 bits per heavy atom. The molecule has 0 saturated carbocycles. The second-order valence-corrected chi connectivity index (χ2v) is 4.53. The van der Waals surface area contributed by atoms with Crippen LogP contribution >= 0.6 is 46.4 Å². The van der Waals surface area contributed by atoms with Gasteiger partial charge in [-0.2, -0.15) is 0 Å². The number of hydrogen-bond acceptors (Lipinski definition) is 2. The fourth-order valence-corrected chi connectivity index (χ4v) is 2.44. The number of allylic oxidation sites excluding steroid dienone is 2. The first-order valence-corrected chi connectivity index (χ1v) is 5.36. The normalized spacial score (nSPS) is 26.0. The summed E-state index contributed by atoms with van der Waals surface area (Å²) in [5.41, 5.74) is 0. The van der Waals surface area contributed by atoms with Gasteiger partial charge in [0.2, 0.25) is 0 Å². The molecule has 0 spiro atoms. The van der Waals surface area contributed by atoms with Crippen molar-refractivity contribution in [1.29, 1.82) is 0 Å². The highest BCUT2D eigenvalue weighted by Gasteiger charge is 2.44. The molecule has 88 valence electrons. The topological polar surface area (TPSA) is 74.6 Å². The predicted octanol–water partition coefficient (Wildman–Crippen LogP) is 2.78. The van der Waals surface area contributed by atoms with E-state index in [1.54, 1.807) is 0 Å². The Balaban J connectivity index is 3.40. The molecule has 0 amide bonds. The summed E-state index contributed by atoms with van der Waals surface area (Å²) < 4.78 is 0. The smallest absolute Gasteiger partial charge is 0.313 e. The molecule has 0 saturated heterocycles. The van der Waals surface area contributed by atoms with E-state index in [-0.39, 0.29) is 20.1 Å². The van der Waals surface area contributed by atoms with Crippen LogP contribution in [-0.2, 0) is 9.59 Å². The first kappa shape index (κ1) is 13.6. The number of hydrogen-bond donors (Lipinski definition) is 2. The Kier molecular flexibility index (Phi) is 4.12. The fraction of sp³-hybridized carbons (Fsp3) is 0.250. The Labute approximate surface area is 110 Å². The highest BCUT2D eigenvalue weighted by molar-refractivity contribution is 6.52. The lowest BCUT2D eigenvalue weighted by Gasteiger charge is -2.25. The van der Waals surface area contributed by atoms with Gasteiger partial charge in [-0.15, -0.1) is 0 Å². The quantitative estimate of drug-likeness (QED) is 0.822. The Bertz CT molecular complexity index is 386. The van der Waals surface area contributed by atoms with Crippen LogP contribution in [0.25, 0.3) is 0 Å². The standard InChI is InChI=1S/C8H4Cl4O4/c9-3-1(7(13)14)2(8(15)16)4(10)6(12)5(3)11/h1-2H,(H,13,14)(H,15,16). The lowest BCUT2D eigenvalue weighted by Crippen LogP contribution is -2.33. The molecule has 1 aliphatic rings. The monoisotopic (exact) mass is 304 g/mol. The summed E-state index contributed by atoms with van der Waals surface area (Å²) in [6, 6.07) is 0. The molecule has 0 fully saturated rings. The Morgan fingerprint density at radius 2 is 1.06 bits per heavy atom. The number of carboxylic acid groups (broad SMARTS) is 2. The third-order valence-electron chi connectivity index (χ3n) is 2.02. The van der Waals surface area contributed by atoms with Crippen molar-refractivity contribution in [3.63, 3.8) is 0 Å². The molecular weight excluding hydrogens is 302 g/mol. The third kappa shape index (κ3) is 2.15. The molecule has 4 nitrogen and oxygen atoms in total. The van der Waals surface area contributed by atoms with Gasteiger partial charge in [0.15, 0.2) is 0 Å². The van der Waals surface area contributed by atoms with Crippen molar-refractivity contribution < 1.29 is 19.8 Å². The van der Waals surface area contributed by atoms with E-state index in [9.17, 15) is 9.59 Å². The average Bonchev–Trinajstić information content (AvgIpc) is 2.18. The molecule has 16 heavy (non-hydrogen) atoms. The van der Waals surface area contributed by atoms with Crippen molar-refractivity contribution in [1.82, 2.24) is 0 Å². The molecule has 0 aromatic carbocycles. The van der Waals surface area contributed by atoms with E-state index in [4.69, 9.17) is 56.6 Å². The molecular formula is C8H4Cl4O4. The van der Waals surface area contributed by atoms with Crippen LogP contribution in [0.3, 0.4) is 0 Å². The van der Waals surface area contributed by atoms with Gasteiger partial charge in [0.05, 0.1) is 20.1 Å². The van der Waals surface area contributed by atoms with Crippen molar-refractivity contribution in [2.45, 2.75) is 0 Å². The molecule has 8 heteroatoms. The van der Waals surface area contributed by atoms with Gasteiger partial charge < -0.3 is 10.2 Å². The number of carboxylic acids is 2. The highest BCUT2D eigenvalue weighted by Crippen LogP contribution is 2.45. The van der Waals surface area contributed by atoms with Crippen molar-refractivity contribution in [3.05, 3.63) is 20.1 Å². The molecule has 1 aliphatic carbocycles. The first-order chi connectivity index (χ1) is 7.29. The SMILES string of the molecule is O=C(O)C1C(Cl)=C(Cl)C(Cl)=C(Cl)C1C(=O)O. The maximum atomic E-state index is 10.9. The van der Waals surface area contributed by atoms with Crippen LogP contribution in [-0.4, -0.2) is 22.2 Å². The van der Waals surface area contributed by atoms with E-state index in [0.717, 1.165) is 0 Å². The molecule has 2 unspecified atom stereocenters. The van der Waals surface area contributed by atoms with Gasteiger partial charge in [0.25, 0.3) is 0 Å². The minimum absolute atomic E-state index is 0.238. The molecule has 0 aromatic rings. The van der Waals surface area contributed by atoms with Gasteiger partial charge in [-0.25, -0.2) is 0 Å². The third-order valence-corrected chi connectivity index (χ3v) is 3.95. The number of rotatable bonds is 2. The van der Waals surface area contributed by atoms with Crippen molar-refractivity contribution in [3.8, 4) is 0 Å². The van der Waals surface area contributed by atoms with E-state index in [1.165, 1.54) is 0 Å². The number of carbonyl (C=O) groups is 2. The number of aliphatic carboxylic acids is 2. The molecule has 2 atom stereocenters. The lowest BCUT2D eigenvalue weighted by molar-refractivity contribution is -0.150. The zero-order valence-electron chi connectivity index (χ0n) is 7.38. The van der Waals surface area contributed by atoms with Crippen LogP contribution in [0.4, 0.5) is 0 Å². The average molecular weight is 306 g/mol. The van der Waals surface area contributed by atoms with Crippen molar-refractivity contribution >= 4 is 58.3 Å². The molecule has 0 heterocycles. The fourth-order valence-electron chi connectivity index (χ4n) is 1.28. The second kappa shape index (κ2) is 4.84. The van der Waals surface area contributed by atoms with E-state index in [2.05, 4.69) is 0 Å². The Hall–Kier alpha value is -0.420. The van der Waals surface area contributed by atoms with Crippen LogP contribution in [0, 0.1) is 11.8 Å². The van der Waals surface area contributed by atoms with E-state index >= 15 is 0 Å². The zero-order valence-corrected chi connectivity index (χ0v) is 10.4. The summed E-state index contributed by atoms with van der Waals surface area (Å²) in [6.07, 6.45) is 0. The van der Waals surface area contributed by atoms with E-state index < -0.39 is 23.8 Å². The maximum absolute atomic E-state index is 10.9. The zero-order chi connectivity index (χ0) is 12.6. The minimum Gasteiger partial charge on any atom is -0.481 e. The lowest BCUT2D eigenvalue weighted by atomic mass is 9.88. The second-order valence-electron chi connectivity index (χ2n) is 2.96. The van der Waals surface area contributed by atoms with Gasteiger partial charge in [-0.3, -0.25) is 9.59 Å². The van der Waals surface area contributed by atoms with Crippen LogP contribution in [0.2, 0.25) is 0 Å². The van der Waals surface area contributed by atoms with Crippen LogP contribution < -0.4 is 0 Å². The van der Waals surface area contributed by atoms with Crippen LogP contribution in [0.1, 0.15) is 0 Å². The minimum atomic E-state index is -1.53. The number of halogens is 4. The van der Waals surface area contributed by atoms with Gasteiger partial charge >= 0.3 is 11.9 Å².